The second-order valence-electron chi connectivity index (χ2n) is 2.61. The normalized spacial score (nSPS) is 51.3. The molecule has 4 aliphatic rings. The Bertz CT molecular complexity index is 219. The van der Waals surface area contributed by atoms with Crippen LogP contribution in [0.4, 0.5) is 0 Å². The Morgan fingerprint density at radius 1 is 0.389 bits per heavy atom. The van der Waals surface area contributed by atoms with Gasteiger partial charge in [-0.2, -0.15) is 0 Å². The van der Waals surface area contributed by atoms with E-state index in [2.05, 4.69) is 0 Å². The summed E-state index contributed by atoms with van der Waals surface area (Å²) in [6.07, 6.45) is 0. The summed E-state index contributed by atoms with van der Waals surface area (Å²) in [5, 5.41) is 0. The first-order valence-electron chi connectivity index (χ1n) is 3.27. The van der Waals surface area contributed by atoms with Crippen LogP contribution in [0.25, 0.3) is 0 Å². The van der Waals surface area contributed by atoms with E-state index in [4.69, 9.17) is 48.3 Å². The summed E-state index contributed by atoms with van der Waals surface area (Å²) < 4.78 is -6.69. The number of hydrogen-bond donors (Lipinski definition) is 0. The van der Waals surface area contributed by atoms with Gasteiger partial charge < -0.3 is 48.3 Å². The third-order valence-corrected chi connectivity index (χ3v) is 121. The maximum absolute atomic E-state index is 5.80. The average molecular weight is 525 g/mol. The minimum atomic E-state index is -1.67. The Balaban J connectivity index is 0. The zero-order chi connectivity index (χ0) is 10.2. The molecule has 18 heteroatoms. The summed E-state index contributed by atoms with van der Waals surface area (Å²) in [7, 11) is 11.9. The molecule has 0 aromatic rings. The van der Waals surface area contributed by atoms with Crippen LogP contribution < -0.4 is 118 Å². The van der Waals surface area contributed by atoms with Crippen molar-refractivity contribution >= 4 is 131 Å². The molecule has 4 saturated heterocycles. The van der Waals surface area contributed by atoms with Gasteiger partial charge in [0.2, 0.25) is 0 Å². The van der Waals surface area contributed by atoms with E-state index in [1.165, 1.54) is 0 Å². The molecule has 0 aromatic heterocycles. The molecule has 0 atom stereocenters. The maximum Gasteiger partial charge on any atom is 1.00 e. The van der Waals surface area contributed by atoms with Crippen LogP contribution in [0.2, 0.25) is 0 Å². The molecule has 4 rings (SSSR count). The van der Waals surface area contributed by atoms with Gasteiger partial charge in [0.25, 0.3) is 0 Å². The second-order valence-corrected chi connectivity index (χ2v) is 70.5. The molecule has 0 saturated carbocycles. The largest absolute Gasteiger partial charge is 1.00 e. The van der Waals surface area contributed by atoms with Gasteiger partial charge in [-0.1, -0.05) is 0 Å². The van der Waals surface area contributed by atoms with Gasteiger partial charge in [-0.05, 0) is 0 Å². The van der Waals surface area contributed by atoms with Gasteiger partial charge in [-0.25, -0.2) is 64.0 Å². The van der Waals surface area contributed by atoms with E-state index in [1.807, 2.05) is 64.0 Å². The predicted octanol–water partition coefficient (Wildman–Crippen LogP) is -9.63. The van der Waals surface area contributed by atoms with Crippen molar-refractivity contribution in [3.8, 4) is 0 Å². The Labute approximate surface area is 242 Å². The van der Waals surface area contributed by atoms with Crippen LogP contribution in [-0.4, -0.2) is 18.7 Å². The first-order chi connectivity index (χ1) is 6.24. The molecule has 4 heterocycles. The van der Waals surface area contributed by atoms with Crippen LogP contribution in [0.1, 0.15) is 0 Å². The summed E-state index contributed by atoms with van der Waals surface area (Å²) in [4.78, 5) is 0. The van der Waals surface area contributed by atoms with Gasteiger partial charge in [-0.3, -0.25) is 0 Å². The van der Waals surface area contributed by atoms with Gasteiger partial charge >= 0.3 is 118 Å². The van der Waals surface area contributed by atoms with Crippen molar-refractivity contribution in [3.63, 3.8) is 0 Å². The average Bonchev–Trinajstić information content (AvgIpc) is 1.67. The molecule has 4 aliphatic heterocycles. The summed E-state index contributed by atoms with van der Waals surface area (Å²) in [5.41, 5.74) is 0. The van der Waals surface area contributed by atoms with Crippen LogP contribution in [0.5, 0.6) is 0 Å². The van der Waals surface area contributed by atoms with Gasteiger partial charge in [0.15, 0.2) is 0 Å². The molecule has 0 amide bonds. The minimum Gasteiger partial charge on any atom is -0.766 e. The first kappa shape index (κ1) is 28.6. The molecule has 0 spiro atoms. The summed E-state index contributed by atoms with van der Waals surface area (Å²) in [6.45, 7) is 0. The van der Waals surface area contributed by atoms with Crippen molar-refractivity contribution in [1.82, 2.24) is 0 Å². The molecule has 4 fully saturated rings. The predicted molar refractivity (Wildman–Crippen MR) is 98.0 cm³/mol. The van der Waals surface area contributed by atoms with Crippen LogP contribution in [0.3, 0.4) is 0 Å². The van der Waals surface area contributed by atoms with E-state index < -0.39 is 18.7 Å². The topological polar surface area (TPSA) is 0 Å². The van der Waals surface area contributed by atoms with Gasteiger partial charge in [0.05, 0.1) is 18.7 Å². The molecule has 0 aromatic carbocycles. The van der Waals surface area contributed by atoms with Crippen LogP contribution in [-0.2, 0) is 48.3 Å². The standard InChI is InChI=1S/4Na.S10Si4/c;;;;1-11-5-12(2)8-13(3,6-11)10-14(4,7-11)9-12/q4*+1;-4. The third-order valence-electron chi connectivity index (χ3n) is 1.50. The Hall–Kier alpha value is 8.37. The van der Waals surface area contributed by atoms with Crippen molar-refractivity contribution in [1.29, 1.82) is 0 Å². The van der Waals surface area contributed by atoms with E-state index in [-0.39, 0.29) is 118 Å². The zero-order valence-corrected chi connectivity index (χ0v) is 30.2. The molecule has 18 heavy (non-hydrogen) atoms. The van der Waals surface area contributed by atoms with Crippen molar-refractivity contribution < 1.29 is 118 Å². The quantitative estimate of drug-likeness (QED) is 0.220. The number of rotatable bonds is 0. The molecule has 4 bridgehead atoms. The SMILES string of the molecule is [Na+].[Na+].[Na+].[Na+].[S-][Si]12S[Si]3([S-])S[Si]([S-])(S1)S[Si]([S-])(S2)S3. The van der Waals surface area contributed by atoms with E-state index in [9.17, 15) is 0 Å². The van der Waals surface area contributed by atoms with Crippen LogP contribution in [0, 0.1) is 0 Å². The van der Waals surface area contributed by atoms with E-state index >= 15 is 0 Å². The molecule has 0 nitrogen and oxygen atoms in total. The molecule has 80 valence electrons. The van der Waals surface area contributed by atoms with Crippen LogP contribution >= 0.6 is 64.0 Å². The minimum absolute atomic E-state index is 0. The monoisotopic (exact) mass is 524 g/mol. The molecule has 0 radical (unpaired) electrons. The maximum atomic E-state index is 5.80. The molecule has 0 aliphatic carbocycles. The molecule has 0 N–H and O–H groups in total. The fourth-order valence-corrected chi connectivity index (χ4v) is 284. The Kier molecular flexibility index (Phi) is 16.2. The van der Waals surface area contributed by atoms with Gasteiger partial charge in [0.1, 0.15) is 0 Å². The van der Waals surface area contributed by atoms with Crippen molar-refractivity contribution in [3.05, 3.63) is 0 Å². The summed E-state index contributed by atoms with van der Waals surface area (Å²) >= 11 is 23.2. The second kappa shape index (κ2) is 10.2. The van der Waals surface area contributed by atoms with Crippen molar-refractivity contribution in [2.75, 3.05) is 0 Å². The fraction of sp³-hybridized carbons (Fsp3) is 0. The van der Waals surface area contributed by atoms with E-state index in [1.54, 1.807) is 0 Å². The smallest absolute Gasteiger partial charge is 0.766 e. The molecular weight excluding hydrogens is 525 g/mol. The summed E-state index contributed by atoms with van der Waals surface area (Å²) in [6, 6.07) is 0. The molecular formula is Na4S10Si4. The number of hydrogen-bond acceptors (Lipinski definition) is 10. The Morgan fingerprint density at radius 2 is 0.500 bits per heavy atom. The van der Waals surface area contributed by atoms with Gasteiger partial charge in [0, 0.05) is 0 Å². The van der Waals surface area contributed by atoms with E-state index in [0.29, 0.717) is 0 Å². The molecule has 0 unspecified atom stereocenters. The zero-order valence-electron chi connectivity index (χ0n) is 10.1. The van der Waals surface area contributed by atoms with Crippen molar-refractivity contribution in [2.24, 2.45) is 0 Å². The first-order valence-corrected chi connectivity index (χ1v) is 29.4. The summed E-state index contributed by atoms with van der Waals surface area (Å²) in [5.74, 6) is 0. The Morgan fingerprint density at radius 3 is 0.611 bits per heavy atom. The van der Waals surface area contributed by atoms with Crippen LogP contribution in [0.15, 0.2) is 0 Å². The fourth-order valence-electron chi connectivity index (χ4n) is 1.17. The third kappa shape index (κ3) is 6.76. The van der Waals surface area contributed by atoms with E-state index in [0.717, 1.165) is 0 Å². The van der Waals surface area contributed by atoms with Crippen molar-refractivity contribution in [2.45, 2.75) is 0 Å². The van der Waals surface area contributed by atoms with Gasteiger partial charge in [-0.15, -0.1) is 0 Å².